The zero-order chi connectivity index (χ0) is 9.10. The molecule has 0 fully saturated rings. The molecule has 0 aliphatic heterocycles. The molecule has 0 aliphatic rings. The lowest BCUT2D eigenvalue weighted by Crippen LogP contribution is -1.77. The van der Waals surface area contributed by atoms with Crippen molar-refractivity contribution in [3.05, 3.63) is 48.8 Å². The maximum absolute atomic E-state index is 9.25. The van der Waals surface area contributed by atoms with Crippen molar-refractivity contribution in [3.63, 3.8) is 0 Å². The third-order valence-corrected chi connectivity index (χ3v) is 1.84. The van der Waals surface area contributed by atoms with Gasteiger partial charge in [-0.05, 0) is 23.8 Å². The van der Waals surface area contributed by atoms with E-state index in [1.165, 1.54) is 0 Å². The number of phenolic OH excluding ortho intramolecular Hbond substituents is 1. The Morgan fingerprint density at radius 2 is 1.79 bits per heavy atom. The lowest BCUT2D eigenvalue weighted by molar-refractivity contribution is 0.475. The first-order valence-corrected chi connectivity index (χ1v) is 4.06. The van der Waals surface area contributed by atoms with E-state index in [2.05, 4.69) is 4.98 Å². The highest BCUT2D eigenvalue weighted by atomic mass is 79.9. The number of hydrogen-bond acceptors (Lipinski definition) is 2. The van der Waals surface area contributed by atoms with Gasteiger partial charge >= 0.3 is 0 Å². The minimum Gasteiger partial charge on any atom is -0.508 e. The van der Waals surface area contributed by atoms with Gasteiger partial charge in [-0.25, -0.2) is 0 Å². The van der Waals surface area contributed by atoms with E-state index in [-0.39, 0.29) is 22.7 Å². The van der Waals surface area contributed by atoms with Crippen LogP contribution in [0.25, 0.3) is 11.1 Å². The standard InChI is InChI=1S/C11H9NO.BrH/c13-11-5-1-3-9(7-11)10-4-2-6-12-8-10;/h1-8,13H;1H. The molecular formula is C11H10BrNO. The van der Waals surface area contributed by atoms with Crippen LogP contribution in [-0.2, 0) is 0 Å². The van der Waals surface area contributed by atoms with E-state index >= 15 is 0 Å². The summed E-state index contributed by atoms with van der Waals surface area (Å²) in [6, 6.07) is 11.0. The van der Waals surface area contributed by atoms with Crippen molar-refractivity contribution in [2.75, 3.05) is 0 Å². The molecule has 3 heteroatoms. The molecule has 0 atom stereocenters. The molecule has 1 N–H and O–H groups in total. The van der Waals surface area contributed by atoms with Crippen LogP contribution in [-0.4, -0.2) is 10.1 Å². The minimum absolute atomic E-state index is 0. The molecule has 2 aromatic rings. The van der Waals surface area contributed by atoms with Crippen molar-refractivity contribution < 1.29 is 5.11 Å². The van der Waals surface area contributed by atoms with Crippen LogP contribution >= 0.6 is 17.0 Å². The molecule has 1 aromatic heterocycles. The third-order valence-electron chi connectivity index (χ3n) is 1.84. The Labute approximate surface area is 93.0 Å². The van der Waals surface area contributed by atoms with Crippen molar-refractivity contribution in [3.8, 4) is 16.9 Å². The molecule has 1 aromatic carbocycles. The van der Waals surface area contributed by atoms with Crippen LogP contribution in [0.1, 0.15) is 0 Å². The van der Waals surface area contributed by atoms with Gasteiger partial charge in [-0.2, -0.15) is 0 Å². The zero-order valence-corrected chi connectivity index (χ0v) is 9.13. The Bertz CT molecular complexity index is 403. The maximum Gasteiger partial charge on any atom is 0.116 e. The van der Waals surface area contributed by atoms with Gasteiger partial charge in [0.05, 0.1) is 0 Å². The van der Waals surface area contributed by atoms with Gasteiger partial charge in [-0.1, -0.05) is 18.2 Å². The number of phenols is 1. The van der Waals surface area contributed by atoms with Crippen LogP contribution in [0.15, 0.2) is 48.8 Å². The van der Waals surface area contributed by atoms with Crippen molar-refractivity contribution in [1.82, 2.24) is 4.98 Å². The van der Waals surface area contributed by atoms with Gasteiger partial charge in [0.1, 0.15) is 5.75 Å². The molecule has 0 saturated heterocycles. The predicted octanol–water partition coefficient (Wildman–Crippen LogP) is 3.03. The summed E-state index contributed by atoms with van der Waals surface area (Å²) in [5.74, 6) is 0.279. The Kier molecular flexibility index (Phi) is 3.65. The Hall–Kier alpha value is -1.35. The van der Waals surface area contributed by atoms with Crippen LogP contribution in [0.3, 0.4) is 0 Å². The number of halogens is 1. The van der Waals surface area contributed by atoms with E-state index in [0.717, 1.165) is 11.1 Å². The highest BCUT2D eigenvalue weighted by molar-refractivity contribution is 8.93. The van der Waals surface area contributed by atoms with Crippen LogP contribution in [0.2, 0.25) is 0 Å². The summed E-state index contributed by atoms with van der Waals surface area (Å²) in [6.07, 6.45) is 3.50. The molecule has 2 rings (SSSR count). The number of aromatic hydroxyl groups is 1. The molecule has 0 bridgehead atoms. The Morgan fingerprint density at radius 1 is 1.00 bits per heavy atom. The number of nitrogens with zero attached hydrogens (tertiary/aromatic N) is 1. The van der Waals surface area contributed by atoms with E-state index in [9.17, 15) is 5.11 Å². The first-order valence-electron chi connectivity index (χ1n) is 4.06. The molecule has 0 aliphatic carbocycles. The Morgan fingerprint density at radius 3 is 2.43 bits per heavy atom. The highest BCUT2D eigenvalue weighted by Crippen LogP contribution is 2.21. The van der Waals surface area contributed by atoms with E-state index in [0.29, 0.717) is 0 Å². The number of benzene rings is 1. The summed E-state index contributed by atoms with van der Waals surface area (Å²) in [5, 5.41) is 9.25. The highest BCUT2D eigenvalue weighted by Gasteiger charge is 1.96. The SMILES string of the molecule is Br.Oc1cccc(-c2cccnc2)c1. The molecule has 14 heavy (non-hydrogen) atoms. The average molecular weight is 252 g/mol. The molecule has 0 amide bonds. The zero-order valence-electron chi connectivity index (χ0n) is 7.42. The van der Waals surface area contributed by atoms with Crippen LogP contribution in [0.5, 0.6) is 5.75 Å². The number of pyridine rings is 1. The summed E-state index contributed by atoms with van der Waals surface area (Å²) in [5.41, 5.74) is 1.99. The van der Waals surface area contributed by atoms with Crippen LogP contribution in [0.4, 0.5) is 0 Å². The normalized spacial score (nSPS) is 9.14. The second kappa shape index (κ2) is 4.77. The van der Waals surface area contributed by atoms with Gasteiger partial charge in [0.25, 0.3) is 0 Å². The fourth-order valence-corrected chi connectivity index (χ4v) is 1.22. The first kappa shape index (κ1) is 10.7. The van der Waals surface area contributed by atoms with Gasteiger partial charge in [-0.3, -0.25) is 4.98 Å². The van der Waals surface area contributed by atoms with Gasteiger partial charge in [0.2, 0.25) is 0 Å². The molecule has 0 radical (unpaired) electrons. The van der Waals surface area contributed by atoms with E-state index in [4.69, 9.17) is 0 Å². The lowest BCUT2D eigenvalue weighted by Gasteiger charge is -2.00. The molecular weight excluding hydrogens is 242 g/mol. The topological polar surface area (TPSA) is 33.1 Å². The largest absolute Gasteiger partial charge is 0.508 e. The smallest absolute Gasteiger partial charge is 0.116 e. The molecule has 0 saturated carbocycles. The molecule has 0 unspecified atom stereocenters. The summed E-state index contributed by atoms with van der Waals surface area (Å²) in [4.78, 5) is 4.01. The van der Waals surface area contributed by atoms with Crippen molar-refractivity contribution in [1.29, 1.82) is 0 Å². The molecule has 2 nitrogen and oxygen atoms in total. The maximum atomic E-state index is 9.25. The van der Waals surface area contributed by atoms with Crippen molar-refractivity contribution >= 4 is 17.0 Å². The quantitative estimate of drug-likeness (QED) is 0.846. The van der Waals surface area contributed by atoms with Crippen LogP contribution in [0, 0.1) is 0 Å². The van der Waals surface area contributed by atoms with Gasteiger partial charge in [0.15, 0.2) is 0 Å². The Balaban J connectivity index is 0.000000980. The average Bonchev–Trinajstić information content (AvgIpc) is 2.19. The van der Waals surface area contributed by atoms with E-state index < -0.39 is 0 Å². The summed E-state index contributed by atoms with van der Waals surface area (Å²) < 4.78 is 0. The third kappa shape index (κ3) is 2.33. The van der Waals surface area contributed by atoms with Gasteiger partial charge in [0, 0.05) is 18.0 Å². The molecule has 0 spiro atoms. The predicted molar refractivity (Wildman–Crippen MR) is 61.7 cm³/mol. The fraction of sp³-hybridized carbons (Fsp3) is 0. The van der Waals surface area contributed by atoms with E-state index in [1.54, 1.807) is 24.5 Å². The van der Waals surface area contributed by atoms with Gasteiger partial charge in [-0.15, -0.1) is 17.0 Å². The van der Waals surface area contributed by atoms with Crippen molar-refractivity contribution in [2.45, 2.75) is 0 Å². The number of hydrogen-bond donors (Lipinski definition) is 1. The number of rotatable bonds is 1. The molecule has 72 valence electrons. The summed E-state index contributed by atoms with van der Waals surface area (Å²) in [7, 11) is 0. The second-order valence-corrected chi connectivity index (χ2v) is 2.79. The van der Waals surface area contributed by atoms with Gasteiger partial charge < -0.3 is 5.11 Å². The van der Waals surface area contributed by atoms with E-state index in [1.807, 2.05) is 24.3 Å². The summed E-state index contributed by atoms with van der Waals surface area (Å²) >= 11 is 0. The number of aromatic nitrogens is 1. The fourth-order valence-electron chi connectivity index (χ4n) is 1.22. The van der Waals surface area contributed by atoms with Crippen molar-refractivity contribution in [2.24, 2.45) is 0 Å². The molecule has 1 heterocycles. The van der Waals surface area contributed by atoms with Crippen LogP contribution < -0.4 is 0 Å². The lowest BCUT2D eigenvalue weighted by atomic mass is 10.1. The second-order valence-electron chi connectivity index (χ2n) is 2.79. The summed E-state index contributed by atoms with van der Waals surface area (Å²) in [6.45, 7) is 0. The first-order chi connectivity index (χ1) is 6.36. The monoisotopic (exact) mass is 251 g/mol. The minimum atomic E-state index is 0.